The molecule has 1 unspecified atom stereocenters. The minimum absolute atomic E-state index is 0.0611. The Balaban J connectivity index is 1.64. The van der Waals surface area contributed by atoms with E-state index in [9.17, 15) is 4.79 Å². The summed E-state index contributed by atoms with van der Waals surface area (Å²) in [7, 11) is 0. The number of amides is 1. The summed E-state index contributed by atoms with van der Waals surface area (Å²) in [5.41, 5.74) is 8.06. The lowest BCUT2D eigenvalue weighted by Gasteiger charge is -2.39. The number of hydrogen-bond donors (Lipinski definition) is 1. The van der Waals surface area contributed by atoms with Gasteiger partial charge in [0.25, 0.3) is 0 Å². The van der Waals surface area contributed by atoms with Crippen molar-refractivity contribution in [2.24, 2.45) is 5.73 Å². The molecule has 150 valence electrons. The molecule has 1 heterocycles. The maximum atomic E-state index is 12.3. The Labute approximate surface area is 167 Å². The summed E-state index contributed by atoms with van der Waals surface area (Å²) in [5.74, 6) is 0. The fourth-order valence-electron chi connectivity index (χ4n) is 3.19. The van der Waals surface area contributed by atoms with Crippen LogP contribution in [0.5, 0.6) is 0 Å². The zero-order chi connectivity index (χ0) is 19.6. The van der Waals surface area contributed by atoms with Crippen LogP contribution < -0.4 is 5.73 Å². The largest absolute Gasteiger partial charge is 0.444 e. The molecule has 27 heavy (non-hydrogen) atoms. The number of piperazine rings is 1. The Hall–Kier alpha value is -1.24. The second-order valence-electron chi connectivity index (χ2n) is 8.65. The normalized spacial score (nSPS) is 21.0. The molecule has 5 nitrogen and oxygen atoms in total. The average molecular weight is 392 g/mol. The van der Waals surface area contributed by atoms with E-state index in [1.54, 1.807) is 0 Å². The Morgan fingerprint density at radius 1 is 1.11 bits per heavy atom. The molecule has 0 spiro atoms. The maximum absolute atomic E-state index is 12.3. The molecule has 0 radical (unpaired) electrons. The molecule has 3 rings (SSSR count). The fraction of sp³-hybridized carbons (Fsp3) is 0.667. The molecule has 1 saturated heterocycles. The second-order valence-corrected chi connectivity index (χ2v) is 10.0. The Morgan fingerprint density at radius 2 is 1.67 bits per heavy atom. The number of thioether (sulfide) groups is 1. The van der Waals surface area contributed by atoms with Gasteiger partial charge >= 0.3 is 6.09 Å². The Kier molecular flexibility index (Phi) is 6.39. The average Bonchev–Trinajstić information content (AvgIpc) is 3.43. The second kappa shape index (κ2) is 8.41. The summed E-state index contributed by atoms with van der Waals surface area (Å²) in [6.45, 7) is 10.9. The van der Waals surface area contributed by atoms with Crippen LogP contribution in [0.3, 0.4) is 0 Å². The van der Waals surface area contributed by atoms with Crippen molar-refractivity contribution in [3.63, 3.8) is 0 Å². The van der Waals surface area contributed by atoms with Crippen molar-refractivity contribution in [3.8, 4) is 0 Å². The number of benzene rings is 1. The minimum atomic E-state index is -0.444. The van der Waals surface area contributed by atoms with Crippen LogP contribution in [0.2, 0.25) is 0 Å². The van der Waals surface area contributed by atoms with Gasteiger partial charge in [-0.25, -0.2) is 4.79 Å². The smallest absolute Gasteiger partial charge is 0.410 e. The van der Waals surface area contributed by atoms with Gasteiger partial charge in [-0.05, 0) is 51.7 Å². The van der Waals surface area contributed by atoms with Crippen LogP contribution in [-0.2, 0) is 4.74 Å². The zero-order valence-corrected chi connectivity index (χ0v) is 17.8. The molecule has 1 aromatic carbocycles. The van der Waals surface area contributed by atoms with Crippen molar-refractivity contribution >= 4 is 17.9 Å². The molecule has 0 aromatic heterocycles. The quantitative estimate of drug-likeness (QED) is 0.817. The van der Waals surface area contributed by atoms with E-state index in [0.29, 0.717) is 18.5 Å². The number of hydrogen-bond acceptors (Lipinski definition) is 5. The van der Waals surface area contributed by atoms with Crippen molar-refractivity contribution in [2.45, 2.75) is 62.8 Å². The lowest BCUT2D eigenvalue weighted by molar-refractivity contribution is 0.0135. The summed E-state index contributed by atoms with van der Waals surface area (Å²) in [5, 5.41) is 1.12. The molecule has 6 heteroatoms. The van der Waals surface area contributed by atoms with E-state index in [2.05, 4.69) is 40.9 Å². The zero-order valence-electron chi connectivity index (χ0n) is 17.0. The van der Waals surface area contributed by atoms with Gasteiger partial charge in [0.1, 0.15) is 5.60 Å². The van der Waals surface area contributed by atoms with Gasteiger partial charge in [0, 0.05) is 37.5 Å². The molecule has 1 aliphatic carbocycles. The lowest BCUT2D eigenvalue weighted by atomic mass is 10.1. The minimum Gasteiger partial charge on any atom is -0.444 e. The standard InChI is InChI=1S/C21H33N3O2S/c1-15(22)16-5-7-17(8-6-16)19(27-18-9-10-18)23-11-13-24(14-12-23)20(25)26-21(2,3)4/h5-8,15,18-19H,9-14,22H2,1-4H3/t15-,19?/m0/s1. The van der Waals surface area contributed by atoms with E-state index in [4.69, 9.17) is 10.5 Å². The predicted octanol–water partition coefficient (Wildman–Crippen LogP) is 4.15. The van der Waals surface area contributed by atoms with Gasteiger partial charge in [-0.2, -0.15) is 0 Å². The van der Waals surface area contributed by atoms with E-state index < -0.39 is 5.60 Å². The monoisotopic (exact) mass is 391 g/mol. The number of carbonyl (C=O) groups excluding carboxylic acids is 1. The molecule has 1 saturated carbocycles. The van der Waals surface area contributed by atoms with Gasteiger partial charge in [-0.3, -0.25) is 4.90 Å². The highest BCUT2D eigenvalue weighted by atomic mass is 32.2. The van der Waals surface area contributed by atoms with E-state index >= 15 is 0 Å². The number of nitrogens with zero attached hydrogens (tertiary/aromatic N) is 2. The first-order valence-electron chi connectivity index (χ1n) is 9.96. The lowest BCUT2D eigenvalue weighted by Crippen LogP contribution is -2.50. The highest BCUT2D eigenvalue weighted by molar-refractivity contribution is 8.00. The third-order valence-corrected chi connectivity index (χ3v) is 6.58. The number of nitrogens with two attached hydrogens (primary N) is 1. The third kappa shape index (κ3) is 5.87. The van der Waals surface area contributed by atoms with Crippen LogP contribution in [0.25, 0.3) is 0 Å². The molecule has 1 aliphatic heterocycles. The van der Waals surface area contributed by atoms with Crippen LogP contribution in [0.15, 0.2) is 24.3 Å². The third-order valence-electron chi connectivity index (χ3n) is 4.89. The first-order valence-corrected chi connectivity index (χ1v) is 10.9. The summed E-state index contributed by atoms with van der Waals surface area (Å²) < 4.78 is 5.52. The summed E-state index contributed by atoms with van der Waals surface area (Å²) in [6.07, 6.45) is 2.43. The number of ether oxygens (including phenoxy) is 1. The van der Waals surface area contributed by atoms with Gasteiger partial charge in [-0.15, -0.1) is 11.8 Å². The topological polar surface area (TPSA) is 58.8 Å². The van der Waals surface area contributed by atoms with E-state index in [-0.39, 0.29) is 12.1 Å². The van der Waals surface area contributed by atoms with Crippen LogP contribution in [0.1, 0.15) is 63.1 Å². The van der Waals surface area contributed by atoms with E-state index in [0.717, 1.165) is 18.3 Å². The van der Waals surface area contributed by atoms with E-state index in [1.165, 1.54) is 24.0 Å². The van der Waals surface area contributed by atoms with Crippen molar-refractivity contribution in [2.75, 3.05) is 26.2 Å². The highest BCUT2D eigenvalue weighted by Crippen LogP contribution is 2.45. The first kappa shape index (κ1) is 20.5. The molecule has 0 bridgehead atoms. The molecule has 2 aliphatic rings. The highest BCUT2D eigenvalue weighted by Gasteiger charge is 2.33. The first-order chi connectivity index (χ1) is 12.7. The Morgan fingerprint density at radius 3 is 2.15 bits per heavy atom. The SMILES string of the molecule is C[C@H](N)c1ccc(C(SC2CC2)N2CCN(C(=O)OC(C)(C)C)CC2)cc1. The molecule has 2 atom stereocenters. The van der Waals surface area contributed by atoms with Crippen LogP contribution in [-0.4, -0.2) is 52.9 Å². The van der Waals surface area contributed by atoms with Crippen molar-refractivity contribution < 1.29 is 9.53 Å². The number of rotatable bonds is 5. The van der Waals surface area contributed by atoms with Gasteiger partial charge in [0.15, 0.2) is 0 Å². The van der Waals surface area contributed by atoms with Crippen LogP contribution in [0.4, 0.5) is 4.79 Å². The predicted molar refractivity (Wildman–Crippen MR) is 112 cm³/mol. The van der Waals surface area contributed by atoms with Crippen molar-refractivity contribution in [3.05, 3.63) is 35.4 Å². The van der Waals surface area contributed by atoms with Crippen molar-refractivity contribution in [1.82, 2.24) is 9.80 Å². The summed E-state index contributed by atoms with van der Waals surface area (Å²) >= 11 is 2.06. The fourth-order valence-corrected chi connectivity index (χ4v) is 4.66. The van der Waals surface area contributed by atoms with E-state index in [1.807, 2.05) is 32.6 Å². The van der Waals surface area contributed by atoms with Gasteiger partial charge < -0.3 is 15.4 Å². The molecule has 1 amide bonds. The maximum Gasteiger partial charge on any atom is 0.410 e. The molecule has 1 aromatic rings. The molecule has 2 fully saturated rings. The van der Waals surface area contributed by atoms with Gasteiger partial charge in [0.2, 0.25) is 0 Å². The number of carbonyl (C=O) groups is 1. The van der Waals surface area contributed by atoms with Crippen LogP contribution in [0, 0.1) is 0 Å². The summed E-state index contributed by atoms with van der Waals surface area (Å²) in [6, 6.07) is 8.80. The molecular weight excluding hydrogens is 358 g/mol. The molecular formula is C21H33N3O2S. The summed E-state index contributed by atoms with van der Waals surface area (Å²) in [4.78, 5) is 16.7. The molecule has 2 N–H and O–H groups in total. The van der Waals surface area contributed by atoms with Crippen LogP contribution >= 0.6 is 11.8 Å². The van der Waals surface area contributed by atoms with Crippen molar-refractivity contribution in [1.29, 1.82) is 0 Å². The Bertz CT molecular complexity index is 630. The van der Waals surface area contributed by atoms with Gasteiger partial charge in [0.05, 0.1) is 5.37 Å². The van der Waals surface area contributed by atoms with Gasteiger partial charge in [-0.1, -0.05) is 24.3 Å².